The maximum Gasteiger partial charge on any atom is 0.308 e. The van der Waals surface area contributed by atoms with Crippen LogP contribution in [0.1, 0.15) is 58.8 Å². The van der Waals surface area contributed by atoms with Crippen molar-refractivity contribution < 1.29 is 24.0 Å². The Labute approximate surface area is 146 Å². The van der Waals surface area contributed by atoms with Crippen LogP contribution in [0.15, 0.2) is 0 Å². The van der Waals surface area contributed by atoms with Crippen LogP contribution in [0.4, 0.5) is 0 Å². The maximum absolute atomic E-state index is 12.4. The van der Waals surface area contributed by atoms with Gasteiger partial charge in [0.05, 0.1) is 6.04 Å². The van der Waals surface area contributed by atoms with E-state index in [0.29, 0.717) is 5.01 Å². The number of ketones is 1. The summed E-state index contributed by atoms with van der Waals surface area (Å²) in [4.78, 5) is 60.0. The van der Waals surface area contributed by atoms with Crippen molar-refractivity contribution in [3.8, 4) is 0 Å². The second-order valence-electron chi connectivity index (χ2n) is 6.99. The van der Waals surface area contributed by atoms with Gasteiger partial charge in [-0.15, -0.1) is 0 Å². The van der Waals surface area contributed by atoms with Gasteiger partial charge in [-0.2, -0.15) is 5.01 Å². The van der Waals surface area contributed by atoms with Gasteiger partial charge in [-0.05, 0) is 18.8 Å². The molecule has 0 aromatic carbocycles. The first-order chi connectivity index (χ1) is 11.8. The van der Waals surface area contributed by atoms with Crippen LogP contribution in [0.25, 0.3) is 0 Å². The third-order valence-electron chi connectivity index (χ3n) is 4.71. The van der Waals surface area contributed by atoms with Gasteiger partial charge in [0.25, 0.3) is 0 Å². The normalized spacial score (nSPS) is 19.9. The quantitative estimate of drug-likeness (QED) is 0.533. The number of nitrogens with zero attached hydrogens (tertiary/aromatic N) is 1. The van der Waals surface area contributed by atoms with Crippen LogP contribution in [-0.4, -0.2) is 40.5 Å². The number of Topliss-reactive ketones (excluding diaryl/α,β-unsaturated/α-hetero) is 1. The van der Waals surface area contributed by atoms with Crippen molar-refractivity contribution in [1.29, 1.82) is 0 Å². The van der Waals surface area contributed by atoms with Crippen LogP contribution in [-0.2, 0) is 24.0 Å². The lowest BCUT2D eigenvalue weighted by Gasteiger charge is -2.26. The van der Waals surface area contributed by atoms with Gasteiger partial charge in [0, 0.05) is 18.8 Å². The molecule has 1 saturated carbocycles. The molecule has 1 aliphatic heterocycles. The molecule has 0 unspecified atom stereocenters. The van der Waals surface area contributed by atoms with Gasteiger partial charge >= 0.3 is 5.91 Å². The Morgan fingerprint density at radius 2 is 1.56 bits per heavy atom. The number of carbonyl (C=O) groups excluding carboxylic acids is 5. The van der Waals surface area contributed by atoms with Gasteiger partial charge in [-0.3, -0.25) is 29.4 Å². The molecule has 2 rings (SSSR count). The van der Waals surface area contributed by atoms with Gasteiger partial charge in [-0.1, -0.05) is 33.1 Å². The Hall–Kier alpha value is -2.25. The summed E-state index contributed by atoms with van der Waals surface area (Å²) < 4.78 is 0. The molecular formula is C17H25N3O5. The van der Waals surface area contributed by atoms with Crippen molar-refractivity contribution in [2.24, 2.45) is 11.8 Å². The van der Waals surface area contributed by atoms with E-state index in [0.717, 1.165) is 32.1 Å². The summed E-state index contributed by atoms with van der Waals surface area (Å²) >= 11 is 0. The first-order valence-corrected chi connectivity index (χ1v) is 8.82. The fraction of sp³-hybridized carbons (Fsp3) is 0.706. The molecular weight excluding hydrogens is 326 g/mol. The molecule has 0 bridgehead atoms. The van der Waals surface area contributed by atoms with E-state index in [4.69, 9.17) is 0 Å². The van der Waals surface area contributed by atoms with E-state index in [9.17, 15) is 24.0 Å². The molecule has 8 heteroatoms. The smallest absolute Gasteiger partial charge is 0.308 e. The van der Waals surface area contributed by atoms with E-state index in [2.05, 4.69) is 10.7 Å². The van der Waals surface area contributed by atoms with E-state index in [1.807, 2.05) is 0 Å². The molecule has 0 spiro atoms. The number of carbonyl (C=O) groups is 5. The van der Waals surface area contributed by atoms with Gasteiger partial charge < -0.3 is 5.32 Å². The third-order valence-corrected chi connectivity index (χ3v) is 4.71. The highest BCUT2D eigenvalue weighted by Crippen LogP contribution is 2.24. The van der Waals surface area contributed by atoms with Crippen LogP contribution in [0.5, 0.6) is 0 Å². The number of imide groups is 1. The van der Waals surface area contributed by atoms with Crippen molar-refractivity contribution in [2.75, 3.05) is 0 Å². The fourth-order valence-corrected chi connectivity index (χ4v) is 3.17. The molecule has 8 nitrogen and oxygen atoms in total. The highest BCUT2D eigenvalue weighted by Gasteiger charge is 2.36. The molecule has 138 valence electrons. The molecule has 0 aromatic heterocycles. The van der Waals surface area contributed by atoms with Gasteiger partial charge in [0.15, 0.2) is 0 Å². The molecule has 1 heterocycles. The van der Waals surface area contributed by atoms with Crippen LogP contribution in [0.2, 0.25) is 0 Å². The van der Waals surface area contributed by atoms with Gasteiger partial charge in [-0.25, -0.2) is 0 Å². The SMILES string of the molecule is CC(C)[C@H](NC(=O)C1CCCCC1)C(=O)C(=O)NN1C(=O)CCC1=O. The van der Waals surface area contributed by atoms with Crippen molar-refractivity contribution in [2.45, 2.75) is 64.8 Å². The summed E-state index contributed by atoms with van der Waals surface area (Å²) in [5.41, 5.74) is 2.06. The van der Waals surface area contributed by atoms with Gasteiger partial charge in [0.2, 0.25) is 23.5 Å². The van der Waals surface area contributed by atoms with E-state index >= 15 is 0 Å². The summed E-state index contributed by atoms with van der Waals surface area (Å²) in [6.45, 7) is 3.45. The minimum atomic E-state index is -1.06. The number of rotatable bonds is 6. The summed E-state index contributed by atoms with van der Waals surface area (Å²) in [7, 11) is 0. The van der Waals surface area contributed by atoms with Gasteiger partial charge in [0.1, 0.15) is 0 Å². The second-order valence-corrected chi connectivity index (χ2v) is 6.99. The molecule has 2 aliphatic rings. The van der Waals surface area contributed by atoms with Crippen LogP contribution >= 0.6 is 0 Å². The average molecular weight is 351 g/mol. The first-order valence-electron chi connectivity index (χ1n) is 8.82. The van der Waals surface area contributed by atoms with Crippen molar-refractivity contribution in [3.05, 3.63) is 0 Å². The standard InChI is InChI=1S/C17H25N3O5/c1-10(2)14(18-16(24)11-6-4-3-5-7-11)15(23)17(25)19-20-12(21)8-9-13(20)22/h10-11,14H,3-9H2,1-2H3,(H,18,24)(H,19,25)/t14-/m0/s1. The van der Waals surface area contributed by atoms with Crippen molar-refractivity contribution in [3.63, 3.8) is 0 Å². The molecule has 2 N–H and O–H groups in total. The zero-order valence-electron chi connectivity index (χ0n) is 14.7. The zero-order chi connectivity index (χ0) is 18.6. The lowest BCUT2D eigenvalue weighted by Crippen LogP contribution is -2.55. The van der Waals surface area contributed by atoms with Crippen molar-refractivity contribution >= 4 is 29.4 Å². The Morgan fingerprint density at radius 3 is 2.08 bits per heavy atom. The molecule has 1 aliphatic carbocycles. The molecule has 1 atom stereocenters. The van der Waals surface area contributed by atoms with E-state index < -0.39 is 29.5 Å². The Kier molecular flexibility index (Phi) is 6.27. The molecule has 2 fully saturated rings. The molecule has 0 aromatic rings. The summed E-state index contributed by atoms with van der Waals surface area (Å²) in [5, 5.41) is 3.26. The third kappa shape index (κ3) is 4.64. The highest BCUT2D eigenvalue weighted by atomic mass is 16.2. The number of hydrogen-bond donors (Lipinski definition) is 2. The van der Waals surface area contributed by atoms with E-state index in [1.165, 1.54) is 0 Å². The molecule has 25 heavy (non-hydrogen) atoms. The van der Waals surface area contributed by atoms with Crippen LogP contribution in [0.3, 0.4) is 0 Å². The Balaban J connectivity index is 1.99. The highest BCUT2D eigenvalue weighted by molar-refractivity contribution is 6.38. The predicted octanol–water partition coefficient (Wildman–Crippen LogP) is 0.457. The largest absolute Gasteiger partial charge is 0.345 e. The monoisotopic (exact) mass is 351 g/mol. The van der Waals surface area contributed by atoms with Crippen LogP contribution in [0, 0.1) is 11.8 Å². The Morgan fingerprint density at radius 1 is 1.00 bits per heavy atom. The van der Waals surface area contributed by atoms with Crippen molar-refractivity contribution in [1.82, 2.24) is 15.8 Å². The second kappa shape index (κ2) is 8.22. The fourth-order valence-electron chi connectivity index (χ4n) is 3.17. The maximum atomic E-state index is 12.4. The zero-order valence-corrected chi connectivity index (χ0v) is 14.7. The summed E-state index contributed by atoms with van der Waals surface area (Å²) in [6.07, 6.45) is 4.67. The van der Waals surface area contributed by atoms with E-state index in [1.54, 1.807) is 13.8 Å². The Bertz CT molecular complexity index is 565. The summed E-state index contributed by atoms with van der Waals surface area (Å²) in [6, 6.07) is -0.984. The number of amides is 4. The summed E-state index contributed by atoms with van der Waals surface area (Å²) in [5.74, 6) is -3.65. The predicted molar refractivity (Wildman–Crippen MR) is 87.6 cm³/mol. The number of nitrogens with one attached hydrogen (secondary N) is 2. The van der Waals surface area contributed by atoms with E-state index in [-0.39, 0.29) is 30.6 Å². The van der Waals surface area contributed by atoms with Crippen LogP contribution < -0.4 is 10.7 Å². The lowest BCUT2D eigenvalue weighted by atomic mass is 9.88. The minimum absolute atomic E-state index is 0.0132. The number of hydrazine groups is 1. The average Bonchev–Trinajstić information content (AvgIpc) is 2.91. The topological polar surface area (TPSA) is 113 Å². The molecule has 4 amide bonds. The molecule has 1 saturated heterocycles. The lowest BCUT2D eigenvalue weighted by molar-refractivity contribution is -0.151. The first kappa shape index (κ1) is 19.1. The molecule has 0 radical (unpaired) electrons. The minimum Gasteiger partial charge on any atom is -0.345 e. The number of hydrogen-bond acceptors (Lipinski definition) is 5.